The molecule has 24 heavy (non-hydrogen) atoms. The highest BCUT2D eigenvalue weighted by molar-refractivity contribution is 5.80. The monoisotopic (exact) mass is 313 g/mol. The van der Waals surface area contributed by atoms with Gasteiger partial charge in [0.1, 0.15) is 5.52 Å². The molecule has 0 saturated heterocycles. The Balaban J connectivity index is 2.11. The van der Waals surface area contributed by atoms with Crippen molar-refractivity contribution in [2.45, 2.75) is 6.92 Å². The Morgan fingerprint density at radius 1 is 0.792 bits per heavy atom. The number of para-hydroxylation sites is 2. The first-order valence-corrected chi connectivity index (χ1v) is 7.93. The Labute approximate surface area is 139 Å². The third kappa shape index (κ3) is 2.40. The van der Waals surface area contributed by atoms with E-state index in [2.05, 4.69) is 5.10 Å². The number of hydrogen-bond acceptors (Lipinski definition) is 1. The van der Waals surface area contributed by atoms with Gasteiger partial charge in [-0.1, -0.05) is 52.7 Å². The number of hydrogen-bond donors (Lipinski definition) is 1. The van der Waals surface area contributed by atoms with Gasteiger partial charge in [-0.25, -0.2) is 0 Å². The minimum atomic E-state index is 0.0251. The summed E-state index contributed by atoms with van der Waals surface area (Å²) in [6.07, 6.45) is 0. The zero-order chi connectivity index (χ0) is 16.5. The average Bonchev–Trinajstić information content (AvgIpc) is 2.63. The number of nitrogens with zero attached hydrogens (tertiary/aromatic N) is 1. The molecule has 0 aliphatic carbocycles. The predicted octanol–water partition coefficient (Wildman–Crippen LogP) is 3.78. The highest BCUT2D eigenvalue weighted by Crippen LogP contribution is 2.17. The first kappa shape index (κ1) is 14.4. The van der Waals surface area contributed by atoms with Gasteiger partial charge in [-0.15, -0.1) is 0 Å². The van der Waals surface area contributed by atoms with Crippen LogP contribution in [0.1, 0.15) is 5.56 Å². The van der Waals surface area contributed by atoms with E-state index in [0.29, 0.717) is 11.1 Å². The van der Waals surface area contributed by atoms with E-state index >= 15 is 0 Å². The molecule has 0 atom stereocenters. The molecule has 0 aliphatic heterocycles. The first-order valence-electron chi connectivity index (χ1n) is 7.93. The molecule has 0 aliphatic rings. The van der Waals surface area contributed by atoms with Crippen molar-refractivity contribution < 1.29 is 4.68 Å². The molecule has 4 aromatic rings. The van der Waals surface area contributed by atoms with E-state index in [1.807, 2.05) is 90.5 Å². The lowest BCUT2D eigenvalue weighted by molar-refractivity contribution is -0.646. The summed E-state index contributed by atoms with van der Waals surface area (Å²) in [7, 11) is 0. The Morgan fingerprint density at radius 3 is 2.21 bits per heavy atom. The molecular weight excluding hydrogens is 296 g/mol. The highest BCUT2D eigenvalue weighted by atomic mass is 16.1. The summed E-state index contributed by atoms with van der Waals surface area (Å²) in [4.78, 5) is 13.2. The largest absolute Gasteiger partial charge is 0.291 e. The fourth-order valence-electron chi connectivity index (χ4n) is 2.93. The van der Waals surface area contributed by atoms with Crippen LogP contribution in [0.5, 0.6) is 0 Å². The molecule has 0 saturated carbocycles. The summed E-state index contributed by atoms with van der Waals surface area (Å²) in [6.45, 7) is 2.04. The van der Waals surface area contributed by atoms with Gasteiger partial charge in [-0.3, -0.25) is 4.79 Å². The van der Waals surface area contributed by atoms with Crippen LogP contribution in [0.4, 0.5) is 0 Å². The average molecular weight is 313 g/mol. The van der Waals surface area contributed by atoms with Crippen LogP contribution >= 0.6 is 0 Å². The fraction of sp³-hybridized carbons (Fsp3) is 0.0476. The molecule has 3 heteroatoms. The van der Waals surface area contributed by atoms with Gasteiger partial charge in [0.05, 0.1) is 10.9 Å². The summed E-state index contributed by atoms with van der Waals surface area (Å²) in [5, 5.41) is 4.08. The molecule has 0 spiro atoms. The third-order valence-electron chi connectivity index (χ3n) is 4.18. The quantitative estimate of drug-likeness (QED) is 0.562. The van der Waals surface area contributed by atoms with Crippen molar-refractivity contribution in [3.8, 4) is 16.9 Å². The third-order valence-corrected chi connectivity index (χ3v) is 4.18. The van der Waals surface area contributed by atoms with Gasteiger partial charge in [-0.05, 0) is 31.2 Å². The zero-order valence-corrected chi connectivity index (χ0v) is 13.4. The fourth-order valence-corrected chi connectivity index (χ4v) is 2.93. The normalized spacial score (nSPS) is 10.9. The molecule has 0 unspecified atom stereocenters. The van der Waals surface area contributed by atoms with Crippen molar-refractivity contribution >= 4 is 10.9 Å². The van der Waals surface area contributed by atoms with Crippen LogP contribution < -0.4 is 10.1 Å². The van der Waals surface area contributed by atoms with Crippen molar-refractivity contribution in [3.63, 3.8) is 0 Å². The lowest BCUT2D eigenvalue weighted by Crippen LogP contribution is -2.42. The van der Waals surface area contributed by atoms with E-state index in [-0.39, 0.29) is 5.43 Å². The van der Waals surface area contributed by atoms with Crippen LogP contribution in [-0.2, 0) is 0 Å². The minimum absolute atomic E-state index is 0.0251. The number of nitrogens with one attached hydrogen (secondary N) is 1. The van der Waals surface area contributed by atoms with Gasteiger partial charge in [0.2, 0.25) is 5.69 Å². The van der Waals surface area contributed by atoms with Crippen LogP contribution in [0.25, 0.3) is 27.8 Å². The maximum Gasteiger partial charge on any atom is 0.291 e. The molecule has 0 bridgehead atoms. The summed E-state index contributed by atoms with van der Waals surface area (Å²) in [5.74, 6) is 0. The lowest BCUT2D eigenvalue weighted by Gasteiger charge is -2.05. The van der Waals surface area contributed by atoms with Crippen molar-refractivity contribution in [2.24, 2.45) is 0 Å². The van der Waals surface area contributed by atoms with E-state index in [1.165, 1.54) is 5.56 Å². The van der Waals surface area contributed by atoms with Crippen molar-refractivity contribution in [1.82, 2.24) is 5.10 Å². The SMILES string of the molecule is Cc1ccc(-c2c(=O)c3ccccc3[nH][n+]2-c2ccccc2)cc1. The number of aryl methyl sites for hydroxylation is 1. The van der Waals surface area contributed by atoms with Crippen LogP contribution in [0.15, 0.2) is 83.7 Å². The van der Waals surface area contributed by atoms with Crippen molar-refractivity contribution in [2.75, 3.05) is 0 Å². The Bertz CT molecular complexity index is 1060. The Kier molecular flexibility index (Phi) is 3.47. The van der Waals surface area contributed by atoms with Gasteiger partial charge >= 0.3 is 0 Å². The number of aromatic amines is 1. The molecule has 3 aromatic carbocycles. The number of benzene rings is 3. The van der Waals surface area contributed by atoms with Crippen molar-refractivity contribution in [3.05, 3.63) is 94.6 Å². The van der Waals surface area contributed by atoms with E-state index in [1.54, 1.807) is 0 Å². The topological polar surface area (TPSA) is 36.7 Å². The number of aromatic nitrogens is 2. The van der Waals surface area contributed by atoms with E-state index < -0.39 is 0 Å². The minimum Gasteiger partial charge on any atom is -0.282 e. The summed E-state index contributed by atoms with van der Waals surface area (Å²) in [5.41, 5.74) is 4.48. The van der Waals surface area contributed by atoms with Crippen LogP contribution in [0.2, 0.25) is 0 Å². The van der Waals surface area contributed by atoms with Gasteiger partial charge in [0.25, 0.3) is 11.1 Å². The molecule has 1 N–H and O–H groups in total. The van der Waals surface area contributed by atoms with E-state index in [4.69, 9.17) is 0 Å². The second-order valence-corrected chi connectivity index (χ2v) is 5.87. The number of fused-ring (bicyclic) bond motifs is 1. The molecule has 0 radical (unpaired) electrons. The summed E-state index contributed by atoms with van der Waals surface area (Å²) < 4.78 is 1.87. The second-order valence-electron chi connectivity index (χ2n) is 5.87. The molecule has 4 rings (SSSR count). The van der Waals surface area contributed by atoms with E-state index in [9.17, 15) is 4.79 Å². The number of H-pyrrole nitrogens is 1. The maximum absolute atomic E-state index is 13.2. The van der Waals surface area contributed by atoms with Crippen LogP contribution in [0.3, 0.4) is 0 Å². The molecule has 0 amide bonds. The summed E-state index contributed by atoms with van der Waals surface area (Å²) in [6, 6.07) is 25.5. The van der Waals surface area contributed by atoms with Gasteiger partial charge in [0.15, 0.2) is 0 Å². The molecule has 3 nitrogen and oxygen atoms in total. The maximum atomic E-state index is 13.2. The highest BCUT2D eigenvalue weighted by Gasteiger charge is 2.23. The predicted molar refractivity (Wildman–Crippen MR) is 96.3 cm³/mol. The molecule has 0 fully saturated rings. The summed E-state index contributed by atoms with van der Waals surface area (Å²) >= 11 is 0. The van der Waals surface area contributed by atoms with Gasteiger partial charge < -0.3 is 0 Å². The molecule has 1 aromatic heterocycles. The second kappa shape index (κ2) is 5.78. The smallest absolute Gasteiger partial charge is 0.282 e. The first-order chi connectivity index (χ1) is 11.7. The molecule has 116 valence electrons. The van der Waals surface area contributed by atoms with Crippen LogP contribution in [0, 0.1) is 6.92 Å². The zero-order valence-electron chi connectivity index (χ0n) is 13.4. The number of rotatable bonds is 2. The van der Waals surface area contributed by atoms with Crippen LogP contribution in [-0.4, -0.2) is 5.10 Å². The Hall–Kier alpha value is -3.20. The van der Waals surface area contributed by atoms with Gasteiger partial charge in [-0.2, -0.15) is 5.10 Å². The molecule has 1 heterocycles. The van der Waals surface area contributed by atoms with Crippen molar-refractivity contribution in [1.29, 1.82) is 0 Å². The van der Waals surface area contributed by atoms with E-state index in [0.717, 1.165) is 16.8 Å². The lowest BCUT2D eigenvalue weighted by atomic mass is 10.1. The standard InChI is InChI=1S/C21H16N2O/c1-15-11-13-16(14-12-15)20-21(24)18-9-5-6-10-19(18)22-23(20)17-7-3-2-4-8-17/h2-14H,1H3/p+1. The Morgan fingerprint density at radius 2 is 1.46 bits per heavy atom. The molecular formula is C21H17N2O+. The van der Waals surface area contributed by atoms with Gasteiger partial charge in [0, 0.05) is 12.1 Å².